The standard InChI is InChI=1S/C24H20BrClN2O2/c1-12-5-6-16(9-13(12)2)24-28-19-10-17(7-8-20(19)30-24)27-11-18-14(3)22(26)15(4)21(25)23(18)29/h5-11,29H,1-4H3. The summed E-state index contributed by atoms with van der Waals surface area (Å²) in [6, 6.07) is 11.7. The molecule has 0 aliphatic rings. The first kappa shape index (κ1) is 20.6. The van der Waals surface area contributed by atoms with Crippen LogP contribution in [0.3, 0.4) is 0 Å². The van der Waals surface area contributed by atoms with Crippen LogP contribution in [-0.2, 0) is 0 Å². The molecule has 4 aromatic rings. The zero-order valence-corrected chi connectivity index (χ0v) is 19.4. The van der Waals surface area contributed by atoms with Gasteiger partial charge in [-0.15, -0.1) is 0 Å². The van der Waals surface area contributed by atoms with Crippen LogP contribution < -0.4 is 0 Å². The number of aromatic hydroxyl groups is 1. The van der Waals surface area contributed by atoms with Crippen molar-refractivity contribution in [2.75, 3.05) is 0 Å². The molecule has 0 radical (unpaired) electrons. The highest BCUT2D eigenvalue weighted by Gasteiger charge is 2.15. The number of phenolic OH excluding ortho intramolecular Hbond substituents is 1. The van der Waals surface area contributed by atoms with Gasteiger partial charge in [0.1, 0.15) is 11.3 Å². The Hall–Kier alpha value is -2.63. The van der Waals surface area contributed by atoms with Gasteiger partial charge in [-0.3, -0.25) is 4.99 Å². The molecule has 4 nitrogen and oxygen atoms in total. The van der Waals surface area contributed by atoms with Crippen LogP contribution in [0, 0.1) is 27.7 Å². The average Bonchev–Trinajstić information content (AvgIpc) is 3.16. The molecule has 1 aromatic heterocycles. The van der Waals surface area contributed by atoms with Gasteiger partial charge in [-0.05, 0) is 96.2 Å². The van der Waals surface area contributed by atoms with Crippen LogP contribution in [0.5, 0.6) is 5.75 Å². The highest BCUT2D eigenvalue weighted by atomic mass is 79.9. The molecule has 1 heterocycles. The quantitative estimate of drug-likeness (QED) is 0.305. The number of halogens is 2. The monoisotopic (exact) mass is 482 g/mol. The second-order valence-electron chi connectivity index (χ2n) is 7.37. The zero-order valence-electron chi connectivity index (χ0n) is 17.0. The summed E-state index contributed by atoms with van der Waals surface area (Å²) >= 11 is 9.77. The van der Waals surface area contributed by atoms with E-state index in [1.165, 1.54) is 11.1 Å². The molecule has 0 amide bonds. The number of nitrogens with zero attached hydrogens (tertiary/aromatic N) is 2. The summed E-state index contributed by atoms with van der Waals surface area (Å²) in [6.45, 7) is 7.86. The first-order valence-electron chi connectivity index (χ1n) is 9.45. The first-order valence-corrected chi connectivity index (χ1v) is 10.6. The summed E-state index contributed by atoms with van der Waals surface area (Å²) in [7, 11) is 0. The molecule has 0 aliphatic heterocycles. The van der Waals surface area contributed by atoms with Gasteiger partial charge >= 0.3 is 0 Å². The van der Waals surface area contributed by atoms with Crippen molar-refractivity contribution < 1.29 is 9.52 Å². The summed E-state index contributed by atoms with van der Waals surface area (Å²) in [5, 5.41) is 11.1. The topological polar surface area (TPSA) is 58.6 Å². The van der Waals surface area contributed by atoms with Crippen molar-refractivity contribution in [1.29, 1.82) is 0 Å². The van der Waals surface area contributed by atoms with E-state index in [-0.39, 0.29) is 5.75 Å². The molecule has 152 valence electrons. The number of phenols is 1. The largest absolute Gasteiger partial charge is 0.506 e. The van der Waals surface area contributed by atoms with Gasteiger partial charge in [-0.1, -0.05) is 17.7 Å². The van der Waals surface area contributed by atoms with E-state index in [9.17, 15) is 5.11 Å². The highest BCUT2D eigenvalue weighted by molar-refractivity contribution is 9.10. The van der Waals surface area contributed by atoms with E-state index in [1.807, 2.05) is 38.1 Å². The van der Waals surface area contributed by atoms with Crippen LogP contribution in [0.25, 0.3) is 22.6 Å². The third-order valence-electron chi connectivity index (χ3n) is 5.32. The zero-order chi connectivity index (χ0) is 21.6. The summed E-state index contributed by atoms with van der Waals surface area (Å²) in [6.07, 6.45) is 1.62. The van der Waals surface area contributed by atoms with Crippen molar-refractivity contribution in [1.82, 2.24) is 4.98 Å². The fourth-order valence-corrected chi connectivity index (χ4v) is 3.98. The number of hydrogen-bond acceptors (Lipinski definition) is 4. The van der Waals surface area contributed by atoms with Crippen molar-refractivity contribution in [3.63, 3.8) is 0 Å². The number of hydrogen-bond donors (Lipinski definition) is 1. The normalized spacial score (nSPS) is 11.7. The van der Waals surface area contributed by atoms with Crippen molar-refractivity contribution in [3.05, 3.63) is 73.7 Å². The molecule has 30 heavy (non-hydrogen) atoms. The maximum Gasteiger partial charge on any atom is 0.227 e. The van der Waals surface area contributed by atoms with E-state index < -0.39 is 0 Å². The van der Waals surface area contributed by atoms with Gasteiger partial charge in [0.05, 0.1) is 10.2 Å². The van der Waals surface area contributed by atoms with Gasteiger partial charge < -0.3 is 9.52 Å². The van der Waals surface area contributed by atoms with Crippen LogP contribution in [0.4, 0.5) is 5.69 Å². The lowest BCUT2D eigenvalue weighted by Gasteiger charge is -2.11. The van der Waals surface area contributed by atoms with Gasteiger partial charge in [0.2, 0.25) is 5.89 Å². The van der Waals surface area contributed by atoms with E-state index in [0.717, 1.165) is 22.2 Å². The first-order chi connectivity index (χ1) is 14.3. The van der Waals surface area contributed by atoms with Gasteiger partial charge in [0, 0.05) is 22.4 Å². The minimum absolute atomic E-state index is 0.123. The lowest BCUT2D eigenvalue weighted by molar-refractivity contribution is 0.470. The second-order valence-corrected chi connectivity index (χ2v) is 8.54. The van der Waals surface area contributed by atoms with Crippen LogP contribution in [0.15, 0.2) is 50.3 Å². The Bertz CT molecular complexity index is 1300. The van der Waals surface area contributed by atoms with Crippen LogP contribution in [-0.4, -0.2) is 16.3 Å². The Morgan fingerprint density at radius 2 is 1.80 bits per heavy atom. The van der Waals surface area contributed by atoms with Crippen LogP contribution in [0.2, 0.25) is 5.02 Å². The lowest BCUT2D eigenvalue weighted by atomic mass is 10.0. The molecule has 0 bridgehead atoms. The van der Waals surface area contributed by atoms with Crippen molar-refractivity contribution in [3.8, 4) is 17.2 Å². The minimum atomic E-state index is 0.123. The Morgan fingerprint density at radius 3 is 2.53 bits per heavy atom. The molecule has 0 fully saturated rings. The number of aliphatic imine (C=N–C) groups is 1. The lowest BCUT2D eigenvalue weighted by Crippen LogP contribution is -1.94. The molecule has 0 saturated carbocycles. The van der Waals surface area contributed by atoms with Crippen molar-refractivity contribution >= 4 is 50.5 Å². The third kappa shape index (κ3) is 3.64. The Morgan fingerprint density at radius 1 is 1.03 bits per heavy atom. The molecule has 4 rings (SSSR count). The fourth-order valence-electron chi connectivity index (χ4n) is 3.26. The van der Waals surface area contributed by atoms with Gasteiger partial charge in [-0.25, -0.2) is 4.98 Å². The smallest absolute Gasteiger partial charge is 0.227 e. The maximum absolute atomic E-state index is 10.5. The molecule has 0 spiro atoms. The summed E-state index contributed by atoms with van der Waals surface area (Å²) in [4.78, 5) is 9.15. The molecule has 3 aromatic carbocycles. The molecule has 6 heteroatoms. The molecule has 0 atom stereocenters. The molecular formula is C24H20BrClN2O2. The van der Waals surface area contributed by atoms with Crippen molar-refractivity contribution in [2.45, 2.75) is 27.7 Å². The maximum atomic E-state index is 10.5. The third-order valence-corrected chi connectivity index (χ3v) is 6.86. The van der Waals surface area contributed by atoms with E-state index in [1.54, 1.807) is 6.21 Å². The number of aryl methyl sites for hydroxylation is 2. The van der Waals surface area contributed by atoms with Gasteiger partial charge in [0.25, 0.3) is 0 Å². The number of oxazole rings is 1. The van der Waals surface area contributed by atoms with Gasteiger partial charge in [-0.2, -0.15) is 0 Å². The van der Waals surface area contributed by atoms with E-state index >= 15 is 0 Å². The predicted octanol–water partition coefficient (Wildman–Crippen LogP) is 7.60. The molecule has 0 saturated heterocycles. The summed E-state index contributed by atoms with van der Waals surface area (Å²) in [5.41, 5.74) is 7.64. The van der Waals surface area contributed by atoms with E-state index in [0.29, 0.717) is 32.2 Å². The number of rotatable bonds is 3. The number of benzene rings is 3. The Kier molecular flexibility index (Phi) is 5.43. The fraction of sp³-hybridized carbons (Fsp3) is 0.167. The summed E-state index contributed by atoms with van der Waals surface area (Å²) in [5.74, 6) is 0.703. The van der Waals surface area contributed by atoms with Crippen LogP contribution >= 0.6 is 27.5 Å². The number of aromatic nitrogens is 1. The van der Waals surface area contributed by atoms with E-state index in [4.69, 9.17) is 16.0 Å². The Balaban J connectivity index is 1.71. The molecule has 0 aliphatic carbocycles. The second kappa shape index (κ2) is 7.89. The molecular weight excluding hydrogens is 464 g/mol. The van der Waals surface area contributed by atoms with Crippen LogP contribution in [0.1, 0.15) is 27.8 Å². The van der Waals surface area contributed by atoms with Gasteiger partial charge in [0.15, 0.2) is 5.58 Å². The average molecular weight is 484 g/mol. The molecule has 0 unspecified atom stereocenters. The Labute approximate surface area is 188 Å². The molecule has 1 N–H and O–H groups in total. The predicted molar refractivity (Wildman–Crippen MR) is 126 cm³/mol. The SMILES string of the molecule is Cc1ccc(-c2nc3cc(N=Cc4c(C)c(Cl)c(C)c(Br)c4O)ccc3o2)cc1C. The number of fused-ring (bicyclic) bond motifs is 1. The van der Waals surface area contributed by atoms with Crippen molar-refractivity contribution in [2.24, 2.45) is 4.99 Å². The minimum Gasteiger partial charge on any atom is -0.506 e. The highest BCUT2D eigenvalue weighted by Crippen LogP contribution is 2.38. The van der Waals surface area contributed by atoms with E-state index in [2.05, 4.69) is 51.9 Å². The summed E-state index contributed by atoms with van der Waals surface area (Å²) < 4.78 is 6.50.